The van der Waals surface area contributed by atoms with Crippen molar-refractivity contribution in [2.24, 2.45) is 0 Å². The fourth-order valence-corrected chi connectivity index (χ4v) is 3.14. The molecular formula is C12H8F3N3OS2. The Kier molecular flexibility index (Phi) is 3.54. The van der Waals surface area contributed by atoms with Gasteiger partial charge in [-0.15, -0.1) is 18.3 Å². The highest BCUT2D eigenvalue weighted by molar-refractivity contribution is 8.00. The van der Waals surface area contributed by atoms with E-state index in [1.807, 2.05) is 6.26 Å². The van der Waals surface area contributed by atoms with Crippen LogP contribution >= 0.6 is 23.1 Å². The number of halogens is 3. The van der Waals surface area contributed by atoms with Gasteiger partial charge >= 0.3 is 6.36 Å². The number of benzene rings is 1. The van der Waals surface area contributed by atoms with Gasteiger partial charge in [0.1, 0.15) is 5.75 Å². The van der Waals surface area contributed by atoms with E-state index < -0.39 is 6.36 Å². The van der Waals surface area contributed by atoms with Crippen LogP contribution in [0.2, 0.25) is 0 Å². The summed E-state index contributed by atoms with van der Waals surface area (Å²) < 4.78 is 43.2. The quantitative estimate of drug-likeness (QED) is 0.678. The molecule has 0 saturated heterocycles. The fraction of sp³-hybridized carbons (Fsp3) is 0.167. The maximum absolute atomic E-state index is 12.3. The molecule has 0 radical (unpaired) electrons. The number of alkyl halides is 3. The lowest BCUT2D eigenvalue weighted by Crippen LogP contribution is -2.17. The van der Waals surface area contributed by atoms with Crippen LogP contribution in [0.5, 0.6) is 5.75 Å². The molecule has 0 atom stereocenters. The molecule has 0 N–H and O–H groups in total. The molecule has 0 fully saturated rings. The second-order valence-corrected chi connectivity index (χ2v) is 5.99. The molecule has 0 saturated carbocycles. The average molecular weight is 331 g/mol. The van der Waals surface area contributed by atoms with Crippen LogP contribution in [0, 0.1) is 0 Å². The lowest BCUT2D eigenvalue weighted by molar-refractivity contribution is -0.274. The molecule has 1 aromatic carbocycles. The Morgan fingerprint density at radius 3 is 2.86 bits per heavy atom. The van der Waals surface area contributed by atoms with Gasteiger partial charge in [0, 0.05) is 5.56 Å². The first kappa shape index (κ1) is 14.2. The van der Waals surface area contributed by atoms with Crippen molar-refractivity contribution in [1.29, 1.82) is 0 Å². The molecule has 21 heavy (non-hydrogen) atoms. The Hall–Kier alpha value is -1.74. The van der Waals surface area contributed by atoms with Gasteiger partial charge in [0.15, 0.2) is 4.34 Å². The van der Waals surface area contributed by atoms with Crippen LogP contribution < -0.4 is 4.74 Å². The van der Waals surface area contributed by atoms with Crippen molar-refractivity contribution in [2.75, 3.05) is 6.26 Å². The van der Waals surface area contributed by atoms with Crippen molar-refractivity contribution < 1.29 is 17.9 Å². The third kappa shape index (κ3) is 2.98. The number of ether oxygens (including phenoxy) is 1. The molecule has 0 unspecified atom stereocenters. The second kappa shape index (κ2) is 5.23. The van der Waals surface area contributed by atoms with E-state index in [0.717, 1.165) is 4.34 Å². The minimum atomic E-state index is -4.71. The van der Waals surface area contributed by atoms with Crippen LogP contribution in [-0.4, -0.2) is 27.2 Å². The number of rotatable bonds is 3. The number of hydrogen-bond donors (Lipinski definition) is 0. The van der Waals surface area contributed by atoms with Crippen molar-refractivity contribution in [3.05, 3.63) is 30.5 Å². The molecule has 0 amide bonds. The van der Waals surface area contributed by atoms with Crippen molar-refractivity contribution in [3.63, 3.8) is 0 Å². The highest BCUT2D eigenvalue weighted by Gasteiger charge is 2.31. The zero-order valence-electron chi connectivity index (χ0n) is 10.6. The van der Waals surface area contributed by atoms with Gasteiger partial charge < -0.3 is 4.74 Å². The summed E-state index contributed by atoms with van der Waals surface area (Å²) in [5, 5.41) is 4.34. The number of imidazole rings is 1. The minimum absolute atomic E-state index is 0.268. The predicted molar refractivity (Wildman–Crippen MR) is 74.8 cm³/mol. The molecule has 3 aromatic rings. The largest absolute Gasteiger partial charge is 0.573 e. The number of hydrogen-bond acceptors (Lipinski definition) is 5. The van der Waals surface area contributed by atoms with Crippen molar-refractivity contribution >= 4 is 28.1 Å². The summed E-state index contributed by atoms with van der Waals surface area (Å²) in [4.78, 5) is 4.90. The Balaban J connectivity index is 2.02. The van der Waals surface area contributed by atoms with Gasteiger partial charge in [0.05, 0.1) is 11.9 Å². The molecule has 2 heterocycles. The first-order chi connectivity index (χ1) is 9.96. The van der Waals surface area contributed by atoms with E-state index in [1.165, 1.54) is 41.3 Å². The molecule has 0 aliphatic rings. The van der Waals surface area contributed by atoms with Gasteiger partial charge in [-0.1, -0.05) is 35.2 Å². The lowest BCUT2D eigenvalue weighted by atomic mass is 10.1. The molecule has 2 aromatic heterocycles. The Morgan fingerprint density at radius 1 is 1.33 bits per heavy atom. The van der Waals surface area contributed by atoms with E-state index in [1.54, 1.807) is 16.8 Å². The summed E-state index contributed by atoms with van der Waals surface area (Å²) in [5.74, 6) is -0.268. The topological polar surface area (TPSA) is 39.4 Å². The Bertz CT molecular complexity index is 781. The Morgan fingerprint density at radius 2 is 2.14 bits per heavy atom. The molecule has 0 aliphatic heterocycles. The van der Waals surface area contributed by atoms with E-state index >= 15 is 0 Å². The summed E-state index contributed by atoms with van der Waals surface area (Å²) in [6, 6.07) is 5.75. The maximum Gasteiger partial charge on any atom is 0.573 e. The third-order valence-electron chi connectivity index (χ3n) is 2.60. The summed E-state index contributed by atoms with van der Waals surface area (Å²) in [6.07, 6.45) is -1.23. The van der Waals surface area contributed by atoms with Crippen LogP contribution in [0.1, 0.15) is 0 Å². The maximum atomic E-state index is 12.3. The van der Waals surface area contributed by atoms with Crippen LogP contribution in [0.3, 0.4) is 0 Å². The standard InChI is InChI=1S/C12H8F3N3OS2/c1-20-11-17-18-9(6-16-10(18)21-11)7-3-2-4-8(5-7)19-12(13,14)15/h2-6H,1H3. The smallest absolute Gasteiger partial charge is 0.406 e. The Labute approximate surface area is 125 Å². The van der Waals surface area contributed by atoms with E-state index in [-0.39, 0.29) is 5.75 Å². The zero-order valence-corrected chi connectivity index (χ0v) is 12.2. The SMILES string of the molecule is CSc1nn2c(-c3cccc(OC(F)(F)F)c3)cnc2s1. The molecule has 3 rings (SSSR count). The van der Waals surface area contributed by atoms with Crippen LogP contribution in [0.25, 0.3) is 16.2 Å². The summed E-state index contributed by atoms with van der Waals surface area (Å²) in [5.41, 5.74) is 1.18. The van der Waals surface area contributed by atoms with Gasteiger partial charge in [-0.25, -0.2) is 9.50 Å². The number of nitrogens with zero attached hydrogens (tertiary/aromatic N) is 3. The third-order valence-corrected chi connectivity index (χ3v) is 4.50. The summed E-state index contributed by atoms with van der Waals surface area (Å²) in [7, 11) is 0. The molecule has 110 valence electrons. The lowest BCUT2D eigenvalue weighted by Gasteiger charge is -2.09. The second-order valence-electron chi connectivity index (χ2n) is 3.99. The zero-order chi connectivity index (χ0) is 15.0. The predicted octanol–water partition coefficient (Wildman–Crippen LogP) is 4.08. The highest BCUT2D eigenvalue weighted by atomic mass is 32.2. The highest BCUT2D eigenvalue weighted by Crippen LogP contribution is 2.30. The van der Waals surface area contributed by atoms with E-state index in [4.69, 9.17) is 0 Å². The van der Waals surface area contributed by atoms with Crippen molar-refractivity contribution in [3.8, 4) is 17.0 Å². The van der Waals surface area contributed by atoms with Gasteiger partial charge in [0.25, 0.3) is 0 Å². The van der Waals surface area contributed by atoms with E-state index in [0.29, 0.717) is 16.2 Å². The van der Waals surface area contributed by atoms with Crippen LogP contribution in [-0.2, 0) is 0 Å². The van der Waals surface area contributed by atoms with Gasteiger partial charge in [-0.3, -0.25) is 0 Å². The van der Waals surface area contributed by atoms with Crippen LogP contribution in [0.4, 0.5) is 13.2 Å². The van der Waals surface area contributed by atoms with Gasteiger partial charge in [-0.2, -0.15) is 0 Å². The van der Waals surface area contributed by atoms with E-state index in [9.17, 15) is 13.2 Å². The monoisotopic (exact) mass is 331 g/mol. The molecule has 0 bridgehead atoms. The summed E-state index contributed by atoms with van der Waals surface area (Å²) in [6.45, 7) is 0. The molecule has 0 spiro atoms. The normalized spacial score (nSPS) is 12.0. The summed E-state index contributed by atoms with van der Waals surface area (Å²) >= 11 is 2.91. The van der Waals surface area contributed by atoms with Gasteiger partial charge in [0.2, 0.25) is 4.96 Å². The van der Waals surface area contributed by atoms with Crippen molar-refractivity contribution in [1.82, 2.24) is 14.6 Å². The fourth-order valence-electron chi connectivity index (χ4n) is 1.81. The van der Waals surface area contributed by atoms with Gasteiger partial charge in [-0.05, 0) is 18.4 Å². The average Bonchev–Trinajstić information content (AvgIpc) is 2.95. The number of fused-ring (bicyclic) bond motifs is 1. The minimum Gasteiger partial charge on any atom is -0.406 e. The van der Waals surface area contributed by atoms with E-state index in [2.05, 4.69) is 14.8 Å². The number of aromatic nitrogens is 3. The van der Waals surface area contributed by atoms with Crippen LogP contribution in [0.15, 0.2) is 34.8 Å². The number of thioether (sulfide) groups is 1. The molecule has 9 heteroatoms. The van der Waals surface area contributed by atoms with Crippen molar-refractivity contribution in [2.45, 2.75) is 10.7 Å². The molecule has 0 aliphatic carbocycles. The molecule has 4 nitrogen and oxygen atoms in total. The first-order valence-corrected chi connectivity index (χ1v) is 7.75. The molecular weight excluding hydrogens is 323 g/mol. The first-order valence-electron chi connectivity index (χ1n) is 5.71.